The molecule has 17 heavy (non-hydrogen) atoms. The smallest absolute Gasteiger partial charge is 0.324 e. The fourth-order valence-corrected chi connectivity index (χ4v) is 2.07. The third kappa shape index (κ3) is 4.83. The summed E-state index contributed by atoms with van der Waals surface area (Å²) in [6.45, 7) is 5.93. The molecule has 0 heterocycles. The molecule has 0 bridgehead atoms. The topological polar surface area (TPSA) is 50.1 Å². The van der Waals surface area contributed by atoms with Crippen LogP contribution in [0.4, 0.5) is 0 Å². The van der Waals surface area contributed by atoms with E-state index in [1.165, 1.54) is 0 Å². The number of aryl methyl sites for hydroxylation is 1. The number of nitrogens with zero attached hydrogens (tertiary/aromatic N) is 1. The van der Waals surface area contributed by atoms with Crippen molar-refractivity contribution in [3.8, 4) is 6.07 Å². The lowest BCUT2D eigenvalue weighted by molar-refractivity contribution is 0.0724. The van der Waals surface area contributed by atoms with Crippen molar-refractivity contribution in [2.45, 2.75) is 32.5 Å². The molecule has 1 aromatic carbocycles. The third-order valence-electron chi connectivity index (χ3n) is 2.09. The maximum absolute atomic E-state index is 11.8. The van der Waals surface area contributed by atoms with Gasteiger partial charge in [-0.05, 0) is 43.8 Å². The highest BCUT2D eigenvalue weighted by molar-refractivity contribution is 6.71. The summed E-state index contributed by atoms with van der Waals surface area (Å²) < 4.78 is 5.42. The van der Waals surface area contributed by atoms with Gasteiger partial charge in [-0.2, -0.15) is 5.26 Å². The summed E-state index contributed by atoms with van der Waals surface area (Å²) >= 11 is 0. The first-order chi connectivity index (χ1) is 7.92. The van der Waals surface area contributed by atoms with Gasteiger partial charge in [-0.15, -0.1) is 0 Å². The van der Waals surface area contributed by atoms with Crippen molar-refractivity contribution in [1.82, 2.24) is 0 Å². The quantitative estimate of drug-likeness (QED) is 0.768. The predicted octanol–water partition coefficient (Wildman–Crippen LogP) is 3.13. The van der Waals surface area contributed by atoms with Gasteiger partial charge in [0.2, 0.25) is 8.32 Å². The Hall–Kier alpha value is -1.60. The zero-order chi connectivity index (χ0) is 12.9. The molecule has 0 N–H and O–H groups in total. The van der Waals surface area contributed by atoms with Gasteiger partial charge in [0.1, 0.15) is 0 Å². The van der Waals surface area contributed by atoms with Crippen molar-refractivity contribution in [2.75, 3.05) is 0 Å². The van der Waals surface area contributed by atoms with Crippen LogP contribution in [0.3, 0.4) is 0 Å². The minimum atomic E-state index is -1.85. The van der Waals surface area contributed by atoms with Crippen molar-refractivity contribution >= 4 is 14.3 Å². The summed E-state index contributed by atoms with van der Waals surface area (Å²) in [6, 6.07) is 9.39. The third-order valence-corrected chi connectivity index (χ3v) is 2.88. The van der Waals surface area contributed by atoms with Crippen LogP contribution in [-0.2, 0) is 10.8 Å². The highest BCUT2D eigenvalue weighted by Gasteiger charge is 2.20. The zero-order valence-electron chi connectivity index (χ0n) is 10.5. The Balaban J connectivity index is 2.78. The Bertz CT molecular complexity index is 443. The summed E-state index contributed by atoms with van der Waals surface area (Å²) in [6.07, 6.45) is 1.14. The van der Waals surface area contributed by atoms with Gasteiger partial charge < -0.3 is 4.43 Å². The maximum atomic E-state index is 11.8. The van der Waals surface area contributed by atoms with E-state index in [-0.39, 0.29) is 5.97 Å². The fourth-order valence-electron chi connectivity index (χ4n) is 1.39. The van der Waals surface area contributed by atoms with Gasteiger partial charge in [0.15, 0.2) is 0 Å². The van der Waals surface area contributed by atoms with Crippen LogP contribution in [-0.4, -0.2) is 14.3 Å². The van der Waals surface area contributed by atoms with Crippen molar-refractivity contribution in [3.05, 3.63) is 35.4 Å². The number of hydrogen-bond donors (Lipinski definition) is 0. The normalized spacial score (nSPS) is 10.7. The van der Waals surface area contributed by atoms with Gasteiger partial charge in [-0.1, -0.05) is 12.1 Å². The van der Waals surface area contributed by atoms with E-state index in [1.54, 1.807) is 12.1 Å². The van der Waals surface area contributed by atoms with Crippen LogP contribution in [0.1, 0.15) is 22.3 Å². The highest BCUT2D eigenvalue weighted by Crippen LogP contribution is 2.12. The van der Waals surface area contributed by atoms with E-state index in [9.17, 15) is 4.79 Å². The molecular formula is C13H17NO2Si. The van der Waals surface area contributed by atoms with E-state index in [4.69, 9.17) is 9.69 Å². The van der Waals surface area contributed by atoms with Crippen molar-refractivity contribution in [2.24, 2.45) is 0 Å². The number of benzene rings is 1. The minimum Gasteiger partial charge on any atom is -0.516 e. The first-order valence-electron chi connectivity index (χ1n) is 5.61. The molecule has 0 radical (unpaired) electrons. The van der Waals surface area contributed by atoms with Crippen LogP contribution in [0.15, 0.2) is 24.3 Å². The lowest BCUT2D eigenvalue weighted by Gasteiger charge is -2.17. The average Bonchev–Trinajstić information content (AvgIpc) is 2.24. The summed E-state index contributed by atoms with van der Waals surface area (Å²) in [5.41, 5.74) is 1.57. The molecule has 0 spiro atoms. The molecule has 90 valence electrons. The highest BCUT2D eigenvalue weighted by atomic mass is 28.4. The molecule has 0 aliphatic carbocycles. The molecule has 0 aliphatic rings. The minimum absolute atomic E-state index is 0.261. The molecular weight excluding hydrogens is 230 g/mol. The number of carbonyl (C=O) groups is 1. The molecule has 0 unspecified atom stereocenters. The summed E-state index contributed by atoms with van der Waals surface area (Å²) in [5, 5.41) is 8.52. The van der Waals surface area contributed by atoms with E-state index < -0.39 is 8.32 Å². The Morgan fingerprint density at radius 1 is 1.41 bits per heavy atom. The number of rotatable bonds is 4. The van der Waals surface area contributed by atoms with Crippen molar-refractivity contribution < 1.29 is 9.22 Å². The fraction of sp³-hybridized carbons (Fsp3) is 0.385. The van der Waals surface area contributed by atoms with E-state index in [0.717, 1.165) is 5.56 Å². The molecule has 4 heteroatoms. The van der Waals surface area contributed by atoms with Crippen LogP contribution in [0.5, 0.6) is 0 Å². The van der Waals surface area contributed by atoms with Gasteiger partial charge in [-0.3, -0.25) is 0 Å². The molecule has 1 aromatic rings. The van der Waals surface area contributed by atoms with Crippen molar-refractivity contribution in [1.29, 1.82) is 5.26 Å². The van der Waals surface area contributed by atoms with E-state index in [2.05, 4.69) is 6.07 Å². The van der Waals surface area contributed by atoms with Gasteiger partial charge in [0.25, 0.3) is 0 Å². The van der Waals surface area contributed by atoms with Gasteiger partial charge in [0, 0.05) is 6.42 Å². The molecule has 1 rings (SSSR count). The molecule has 0 aromatic heterocycles. The van der Waals surface area contributed by atoms with E-state index in [1.807, 2.05) is 31.8 Å². The molecule has 0 saturated heterocycles. The van der Waals surface area contributed by atoms with Crippen LogP contribution < -0.4 is 0 Å². The summed E-state index contributed by atoms with van der Waals surface area (Å²) in [5.74, 6) is -0.261. The van der Waals surface area contributed by atoms with Gasteiger partial charge in [0.05, 0.1) is 11.6 Å². The Morgan fingerprint density at radius 3 is 2.71 bits per heavy atom. The maximum Gasteiger partial charge on any atom is 0.324 e. The van der Waals surface area contributed by atoms with Crippen LogP contribution in [0.25, 0.3) is 0 Å². The first-order valence-corrected chi connectivity index (χ1v) is 9.02. The summed E-state index contributed by atoms with van der Waals surface area (Å²) in [7, 11) is -1.85. The van der Waals surface area contributed by atoms with Crippen LogP contribution in [0.2, 0.25) is 19.6 Å². The molecule has 3 nitrogen and oxygen atoms in total. The average molecular weight is 247 g/mol. The van der Waals surface area contributed by atoms with Gasteiger partial charge in [-0.25, -0.2) is 4.79 Å². The molecule has 0 aliphatic heterocycles. The second kappa shape index (κ2) is 5.64. The monoisotopic (exact) mass is 247 g/mol. The van der Waals surface area contributed by atoms with E-state index >= 15 is 0 Å². The second-order valence-electron chi connectivity index (χ2n) is 4.86. The molecule has 0 fully saturated rings. The zero-order valence-corrected chi connectivity index (χ0v) is 11.5. The second-order valence-corrected chi connectivity index (χ2v) is 9.29. The lowest BCUT2D eigenvalue weighted by Crippen LogP contribution is -2.29. The Labute approximate surface area is 103 Å². The Morgan fingerprint density at radius 2 is 2.12 bits per heavy atom. The number of carbonyl (C=O) groups excluding carboxylic acids is 1. The van der Waals surface area contributed by atoms with Crippen molar-refractivity contribution in [3.63, 3.8) is 0 Å². The molecule has 0 atom stereocenters. The first kappa shape index (κ1) is 13.5. The molecule has 0 amide bonds. The van der Waals surface area contributed by atoms with Crippen LogP contribution >= 0.6 is 0 Å². The Kier molecular flexibility index (Phi) is 4.47. The number of nitriles is 1. The molecule has 0 saturated carbocycles. The van der Waals surface area contributed by atoms with Gasteiger partial charge >= 0.3 is 5.97 Å². The largest absolute Gasteiger partial charge is 0.516 e. The standard InChI is InChI=1S/C13H17NO2Si/c1-17(2,3)16-13(15)12-8-4-6-11(10-12)7-5-9-14/h4,6,8,10H,5,7H2,1-3H3. The van der Waals surface area contributed by atoms with E-state index in [0.29, 0.717) is 18.4 Å². The lowest BCUT2D eigenvalue weighted by atomic mass is 10.1. The SMILES string of the molecule is C[Si](C)(C)OC(=O)c1cccc(CCC#N)c1. The number of hydrogen-bond acceptors (Lipinski definition) is 3. The predicted molar refractivity (Wildman–Crippen MR) is 69.1 cm³/mol. The summed E-state index contributed by atoms with van der Waals surface area (Å²) in [4.78, 5) is 11.8. The van der Waals surface area contributed by atoms with Crippen LogP contribution in [0, 0.1) is 11.3 Å².